The van der Waals surface area contributed by atoms with Gasteiger partial charge in [-0.1, -0.05) is 78.9 Å². The zero-order valence-corrected chi connectivity index (χ0v) is 15.1. The number of carbonyl (C=O) groups excluding carboxylic acids is 1. The van der Waals surface area contributed by atoms with Crippen molar-refractivity contribution in [2.45, 2.75) is 22.2 Å². The van der Waals surface area contributed by atoms with Crippen molar-refractivity contribution in [3.05, 3.63) is 102 Å². The van der Waals surface area contributed by atoms with Gasteiger partial charge >= 0.3 is 6.18 Å². The van der Waals surface area contributed by atoms with Gasteiger partial charge in [-0.05, 0) is 17.7 Å². The summed E-state index contributed by atoms with van der Waals surface area (Å²) in [6.07, 6.45) is -5.30. The van der Waals surface area contributed by atoms with E-state index in [0.717, 1.165) is 0 Å². The van der Waals surface area contributed by atoms with E-state index < -0.39 is 23.1 Å². The first-order valence-electron chi connectivity index (χ1n) is 8.37. The quantitative estimate of drug-likeness (QED) is 0.355. The van der Waals surface area contributed by atoms with Gasteiger partial charge in [0.05, 0.1) is 0 Å². The molecule has 3 rings (SSSR count). The largest absolute Gasteiger partial charge is 0.408 e. The van der Waals surface area contributed by atoms with Gasteiger partial charge < -0.3 is 0 Å². The molecule has 1 unspecified atom stereocenters. The first kappa shape index (κ1) is 19.2. The van der Waals surface area contributed by atoms with E-state index >= 15 is 0 Å². The third-order valence-electron chi connectivity index (χ3n) is 4.24. The molecular formula is C22H17F3OS. The lowest BCUT2D eigenvalue weighted by Crippen LogP contribution is -2.41. The van der Waals surface area contributed by atoms with Crippen LogP contribution in [-0.4, -0.2) is 12.0 Å². The van der Waals surface area contributed by atoms with Crippen LogP contribution in [0.1, 0.15) is 22.3 Å². The fourth-order valence-corrected chi connectivity index (χ4v) is 4.14. The molecule has 0 aliphatic rings. The Morgan fingerprint density at radius 1 is 0.741 bits per heavy atom. The van der Waals surface area contributed by atoms with Gasteiger partial charge in [0, 0.05) is 16.9 Å². The first-order valence-corrected chi connectivity index (χ1v) is 9.18. The normalized spacial score (nSPS) is 13.7. The van der Waals surface area contributed by atoms with E-state index in [1.54, 1.807) is 78.9 Å². The van der Waals surface area contributed by atoms with Crippen LogP contribution in [0.15, 0.2) is 95.9 Å². The van der Waals surface area contributed by atoms with Crippen LogP contribution in [0.2, 0.25) is 0 Å². The summed E-state index contributed by atoms with van der Waals surface area (Å²) in [5, 5.41) is 0. The molecule has 0 aliphatic heterocycles. The molecule has 0 N–H and O–H groups in total. The fraction of sp³-hybridized carbons (Fsp3) is 0.136. The number of thioether (sulfide) groups is 1. The molecule has 0 radical (unpaired) electrons. The molecule has 3 aromatic carbocycles. The smallest absolute Gasteiger partial charge is 0.294 e. The summed E-state index contributed by atoms with van der Waals surface area (Å²) in [7, 11) is 0. The minimum atomic E-state index is -4.63. The van der Waals surface area contributed by atoms with Crippen molar-refractivity contribution in [3.8, 4) is 0 Å². The molecule has 0 fully saturated rings. The van der Waals surface area contributed by atoms with Gasteiger partial charge in [-0.2, -0.15) is 13.2 Å². The zero-order chi connectivity index (χ0) is 19.3. The Morgan fingerprint density at radius 2 is 1.22 bits per heavy atom. The highest BCUT2D eigenvalue weighted by Gasteiger charge is 2.57. The Bertz CT molecular complexity index is 880. The highest BCUT2D eigenvalue weighted by atomic mass is 32.2. The van der Waals surface area contributed by atoms with Crippen LogP contribution >= 0.6 is 11.8 Å². The molecular weight excluding hydrogens is 369 g/mol. The maximum atomic E-state index is 14.4. The number of rotatable bonds is 6. The van der Waals surface area contributed by atoms with Crippen molar-refractivity contribution < 1.29 is 18.0 Å². The lowest BCUT2D eigenvalue weighted by atomic mass is 9.90. The summed E-state index contributed by atoms with van der Waals surface area (Å²) in [5.74, 6) is -0.541. The van der Waals surface area contributed by atoms with Crippen LogP contribution in [0.3, 0.4) is 0 Å². The van der Waals surface area contributed by atoms with E-state index in [4.69, 9.17) is 0 Å². The van der Waals surface area contributed by atoms with E-state index in [9.17, 15) is 18.0 Å². The number of carbonyl (C=O) groups is 1. The first-order chi connectivity index (χ1) is 12.9. The zero-order valence-electron chi connectivity index (χ0n) is 14.3. The molecule has 0 bridgehead atoms. The molecule has 0 spiro atoms. The second-order valence-corrected chi connectivity index (χ2v) is 7.44. The summed E-state index contributed by atoms with van der Waals surface area (Å²) >= 11 is 0.673. The van der Waals surface area contributed by atoms with Crippen LogP contribution in [0, 0.1) is 0 Å². The molecule has 0 saturated carbocycles. The Morgan fingerprint density at radius 3 is 1.74 bits per heavy atom. The average Bonchev–Trinajstić information content (AvgIpc) is 2.68. The molecule has 0 amide bonds. The predicted octanol–water partition coefficient (Wildman–Crippen LogP) is 6.51. The topological polar surface area (TPSA) is 17.1 Å². The van der Waals surface area contributed by atoms with Gasteiger partial charge in [0.1, 0.15) is 4.75 Å². The highest BCUT2D eigenvalue weighted by molar-refractivity contribution is 8.00. The van der Waals surface area contributed by atoms with Crippen molar-refractivity contribution in [2.75, 3.05) is 0 Å². The number of Topliss-reactive ketones (excluding diaryl/α,β-unsaturated/α-hetero) is 1. The molecule has 27 heavy (non-hydrogen) atoms. The minimum Gasteiger partial charge on any atom is -0.294 e. The standard InChI is InChI=1S/C22H17F3OS/c23-22(24,25)21(18-12-6-2-7-13-18,27-19-14-8-3-9-15-19)16-20(26)17-10-4-1-5-11-17/h1-15H,16H2. The lowest BCUT2D eigenvalue weighted by Gasteiger charge is -2.35. The molecule has 0 saturated heterocycles. The number of hydrogen-bond acceptors (Lipinski definition) is 2. The summed E-state index contributed by atoms with van der Waals surface area (Å²) in [4.78, 5) is 13.2. The molecule has 1 nitrogen and oxygen atoms in total. The van der Waals surface area contributed by atoms with E-state index in [2.05, 4.69) is 0 Å². The average molecular weight is 386 g/mol. The van der Waals surface area contributed by atoms with Gasteiger partial charge in [0.15, 0.2) is 5.78 Å². The summed E-state index contributed by atoms with van der Waals surface area (Å²) < 4.78 is 41.0. The minimum absolute atomic E-state index is 0.0654. The Balaban J connectivity index is 2.10. The Labute approximate surface area is 160 Å². The second kappa shape index (κ2) is 8.01. The summed E-state index contributed by atoms with van der Waals surface area (Å²) in [5.41, 5.74) is 0.339. The third kappa shape index (κ3) is 4.25. The number of halogens is 3. The number of hydrogen-bond donors (Lipinski definition) is 0. The van der Waals surface area contributed by atoms with Gasteiger partial charge in [-0.3, -0.25) is 4.79 Å². The third-order valence-corrected chi connectivity index (χ3v) is 5.71. The van der Waals surface area contributed by atoms with Crippen LogP contribution in [0.25, 0.3) is 0 Å². The van der Waals surface area contributed by atoms with Gasteiger partial charge in [0.25, 0.3) is 0 Å². The maximum Gasteiger partial charge on any atom is 0.408 e. The van der Waals surface area contributed by atoms with E-state index in [1.807, 2.05) is 0 Å². The summed E-state index contributed by atoms with van der Waals surface area (Å²) in [6.45, 7) is 0. The van der Waals surface area contributed by atoms with Crippen LogP contribution in [-0.2, 0) is 4.75 Å². The Kier molecular flexibility index (Phi) is 5.71. The molecule has 3 aromatic rings. The predicted molar refractivity (Wildman–Crippen MR) is 102 cm³/mol. The number of benzene rings is 3. The second-order valence-electron chi connectivity index (χ2n) is 6.07. The van der Waals surface area contributed by atoms with Crippen molar-refractivity contribution in [2.24, 2.45) is 0 Å². The molecule has 1 atom stereocenters. The molecule has 0 heterocycles. The van der Waals surface area contributed by atoms with Gasteiger partial charge in [-0.25, -0.2) is 0 Å². The van der Waals surface area contributed by atoms with Crippen LogP contribution < -0.4 is 0 Å². The van der Waals surface area contributed by atoms with Gasteiger partial charge in [0.2, 0.25) is 0 Å². The van der Waals surface area contributed by atoms with Crippen molar-refractivity contribution in [1.29, 1.82) is 0 Å². The molecule has 5 heteroatoms. The summed E-state index contributed by atoms with van der Waals surface area (Å²) in [6, 6.07) is 24.1. The van der Waals surface area contributed by atoms with E-state index in [0.29, 0.717) is 16.7 Å². The van der Waals surface area contributed by atoms with E-state index in [1.165, 1.54) is 12.1 Å². The number of alkyl halides is 3. The SMILES string of the molecule is O=C(CC(Sc1ccccc1)(c1ccccc1)C(F)(F)F)c1ccccc1. The lowest BCUT2D eigenvalue weighted by molar-refractivity contribution is -0.161. The fourth-order valence-electron chi connectivity index (χ4n) is 2.87. The van der Waals surface area contributed by atoms with Crippen LogP contribution in [0.5, 0.6) is 0 Å². The van der Waals surface area contributed by atoms with Gasteiger partial charge in [-0.15, -0.1) is 11.8 Å². The van der Waals surface area contributed by atoms with Crippen LogP contribution in [0.4, 0.5) is 13.2 Å². The molecule has 0 aromatic heterocycles. The monoisotopic (exact) mass is 386 g/mol. The maximum absolute atomic E-state index is 14.4. The van der Waals surface area contributed by atoms with Crippen molar-refractivity contribution in [1.82, 2.24) is 0 Å². The number of ketones is 1. The molecule has 138 valence electrons. The molecule has 0 aliphatic carbocycles. The van der Waals surface area contributed by atoms with Crippen molar-refractivity contribution in [3.63, 3.8) is 0 Å². The Hall–Kier alpha value is -2.53. The van der Waals surface area contributed by atoms with Crippen molar-refractivity contribution >= 4 is 17.5 Å². The highest BCUT2D eigenvalue weighted by Crippen LogP contribution is 2.55. The van der Waals surface area contributed by atoms with E-state index in [-0.39, 0.29) is 11.1 Å².